The van der Waals surface area contributed by atoms with E-state index in [-0.39, 0.29) is 25.4 Å². The van der Waals surface area contributed by atoms with E-state index in [0.29, 0.717) is 6.54 Å². The Hall–Kier alpha value is -1.72. The predicted octanol–water partition coefficient (Wildman–Crippen LogP) is 3.31. The molecule has 146 valence electrons. The van der Waals surface area contributed by atoms with Crippen LogP contribution in [0.15, 0.2) is 54.6 Å². The normalized spacial score (nSPS) is 20.3. The molecule has 1 heterocycles. The fourth-order valence-corrected chi connectivity index (χ4v) is 3.79. The van der Waals surface area contributed by atoms with Gasteiger partial charge in [-0.2, -0.15) is 0 Å². The summed E-state index contributed by atoms with van der Waals surface area (Å²) in [6.07, 6.45) is 2.50. The lowest BCUT2D eigenvalue weighted by Crippen LogP contribution is -2.46. The van der Waals surface area contributed by atoms with Gasteiger partial charge < -0.3 is 14.9 Å². The first-order valence-electron chi connectivity index (χ1n) is 9.93. The summed E-state index contributed by atoms with van der Waals surface area (Å²) in [5, 5.41) is 20.1. The van der Waals surface area contributed by atoms with Gasteiger partial charge in [-0.05, 0) is 37.4 Å². The van der Waals surface area contributed by atoms with Crippen molar-refractivity contribution in [3.63, 3.8) is 0 Å². The number of piperidine rings is 1. The average Bonchev–Trinajstić information content (AvgIpc) is 2.70. The molecule has 2 aromatic rings. The Morgan fingerprint density at radius 3 is 2.44 bits per heavy atom. The number of hydrogen-bond acceptors (Lipinski definition) is 4. The molecule has 0 aromatic heterocycles. The smallest absolute Gasteiger partial charge is 0.108 e. The Morgan fingerprint density at radius 1 is 1.04 bits per heavy atom. The van der Waals surface area contributed by atoms with Crippen molar-refractivity contribution in [3.8, 4) is 0 Å². The van der Waals surface area contributed by atoms with Crippen LogP contribution in [0.5, 0.6) is 0 Å². The van der Waals surface area contributed by atoms with Gasteiger partial charge in [0.15, 0.2) is 0 Å². The molecule has 0 spiro atoms. The van der Waals surface area contributed by atoms with Crippen LogP contribution in [0.25, 0.3) is 0 Å². The molecule has 0 bridgehead atoms. The molecule has 0 radical (unpaired) electrons. The topological polar surface area (TPSA) is 52.9 Å². The molecule has 0 unspecified atom stereocenters. The van der Waals surface area contributed by atoms with Crippen molar-refractivity contribution < 1.29 is 14.9 Å². The van der Waals surface area contributed by atoms with Gasteiger partial charge in [0.2, 0.25) is 0 Å². The Balaban J connectivity index is 1.64. The zero-order chi connectivity index (χ0) is 19.1. The van der Waals surface area contributed by atoms with E-state index in [1.165, 1.54) is 5.56 Å². The van der Waals surface area contributed by atoms with Crippen molar-refractivity contribution in [1.29, 1.82) is 0 Å². The number of rotatable bonds is 8. The largest absolute Gasteiger partial charge is 0.395 e. The average molecular weight is 370 g/mol. The van der Waals surface area contributed by atoms with Crippen molar-refractivity contribution in [3.05, 3.63) is 71.3 Å². The molecule has 2 aromatic carbocycles. The summed E-state index contributed by atoms with van der Waals surface area (Å²) in [6.45, 7) is 3.97. The van der Waals surface area contributed by atoms with E-state index in [1.54, 1.807) is 0 Å². The third-order valence-electron chi connectivity index (χ3n) is 5.34. The summed E-state index contributed by atoms with van der Waals surface area (Å²) in [4.78, 5) is 2.20. The fraction of sp³-hybridized carbons (Fsp3) is 0.478. The fourth-order valence-electron chi connectivity index (χ4n) is 3.79. The van der Waals surface area contributed by atoms with Crippen LogP contribution in [0.1, 0.15) is 42.1 Å². The molecule has 1 aliphatic rings. The molecule has 0 saturated carbocycles. The van der Waals surface area contributed by atoms with E-state index in [9.17, 15) is 10.2 Å². The van der Waals surface area contributed by atoms with Crippen LogP contribution >= 0.6 is 0 Å². The van der Waals surface area contributed by atoms with E-state index in [4.69, 9.17) is 4.74 Å². The number of likely N-dealkylation sites (tertiary alicyclic amines) is 1. The van der Waals surface area contributed by atoms with Gasteiger partial charge >= 0.3 is 0 Å². The first-order valence-corrected chi connectivity index (χ1v) is 9.93. The molecule has 0 amide bonds. The van der Waals surface area contributed by atoms with Gasteiger partial charge in [0.05, 0.1) is 19.3 Å². The Kier molecular flexibility index (Phi) is 7.41. The second-order valence-electron chi connectivity index (χ2n) is 7.52. The van der Waals surface area contributed by atoms with Crippen molar-refractivity contribution in [1.82, 2.24) is 4.90 Å². The molecule has 4 nitrogen and oxygen atoms in total. The summed E-state index contributed by atoms with van der Waals surface area (Å²) in [7, 11) is 0. The van der Waals surface area contributed by atoms with Crippen LogP contribution in [0.2, 0.25) is 0 Å². The van der Waals surface area contributed by atoms with Crippen molar-refractivity contribution in [2.75, 3.05) is 26.3 Å². The van der Waals surface area contributed by atoms with Crippen LogP contribution < -0.4 is 0 Å². The molecule has 3 atom stereocenters. The molecule has 1 aliphatic heterocycles. The second kappa shape index (κ2) is 10.00. The molecule has 0 aliphatic carbocycles. The minimum Gasteiger partial charge on any atom is -0.395 e. The van der Waals surface area contributed by atoms with Gasteiger partial charge in [-0.1, -0.05) is 66.6 Å². The SMILES string of the molecule is Cc1ccc([C@@H](OC[C@H](O)CN2CCCC[C@@H]2CO)c2ccccc2)cc1. The van der Waals surface area contributed by atoms with Gasteiger partial charge in [-0.25, -0.2) is 0 Å². The molecule has 2 N–H and O–H groups in total. The molecule has 3 rings (SSSR count). The number of aryl methyl sites for hydroxylation is 1. The van der Waals surface area contributed by atoms with Crippen molar-refractivity contribution in [2.24, 2.45) is 0 Å². The summed E-state index contributed by atoms with van der Waals surface area (Å²) in [6, 6.07) is 18.6. The third-order valence-corrected chi connectivity index (χ3v) is 5.34. The van der Waals surface area contributed by atoms with Gasteiger partial charge in [0.25, 0.3) is 0 Å². The third kappa shape index (κ3) is 5.63. The second-order valence-corrected chi connectivity index (χ2v) is 7.52. The molecule has 27 heavy (non-hydrogen) atoms. The lowest BCUT2D eigenvalue weighted by Gasteiger charge is -2.36. The van der Waals surface area contributed by atoms with Crippen LogP contribution in [0.4, 0.5) is 0 Å². The maximum absolute atomic E-state index is 10.6. The highest BCUT2D eigenvalue weighted by atomic mass is 16.5. The minimum absolute atomic E-state index is 0.156. The van der Waals surface area contributed by atoms with Crippen molar-refractivity contribution >= 4 is 0 Å². The van der Waals surface area contributed by atoms with E-state index in [1.807, 2.05) is 18.2 Å². The predicted molar refractivity (Wildman–Crippen MR) is 108 cm³/mol. The van der Waals surface area contributed by atoms with Crippen molar-refractivity contribution in [2.45, 2.75) is 44.4 Å². The standard InChI is InChI=1S/C23H31NO3/c1-18-10-12-20(13-11-18)23(19-7-3-2-4-8-19)27-17-22(26)15-24-14-6-5-9-21(24)16-25/h2-4,7-8,10-13,21-23,25-26H,5-6,9,14-17H2,1H3/t21-,22-,23+/m1/s1. The van der Waals surface area contributed by atoms with Crippen LogP contribution in [0, 0.1) is 6.92 Å². The first kappa shape index (κ1) is 20.0. The maximum atomic E-state index is 10.6. The number of aliphatic hydroxyl groups excluding tert-OH is 2. The Morgan fingerprint density at radius 2 is 1.74 bits per heavy atom. The summed E-state index contributed by atoms with van der Waals surface area (Å²) >= 11 is 0. The van der Waals surface area contributed by atoms with Crippen LogP contribution in [0.3, 0.4) is 0 Å². The Bertz CT molecular complexity index is 674. The van der Waals surface area contributed by atoms with Gasteiger partial charge in [0.1, 0.15) is 6.10 Å². The highest BCUT2D eigenvalue weighted by Gasteiger charge is 2.24. The molecular formula is C23H31NO3. The van der Waals surface area contributed by atoms with E-state index < -0.39 is 6.10 Å². The number of nitrogens with zero attached hydrogens (tertiary/aromatic N) is 1. The minimum atomic E-state index is -0.575. The summed E-state index contributed by atoms with van der Waals surface area (Å²) in [5.41, 5.74) is 3.38. The monoisotopic (exact) mass is 369 g/mol. The van der Waals surface area contributed by atoms with E-state index >= 15 is 0 Å². The number of hydrogen-bond donors (Lipinski definition) is 2. The molecular weight excluding hydrogens is 338 g/mol. The van der Waals surface area contributed by atoms with Crippen LogP contribution in [-0.4, -0.2) is 53.6 Å². The number of aliphatic hydroxyl groups is 2. The Labute approximate surface area is 162 Å². The number of ether oxygens (including phenoxy) is 1. The molecule has 1 saturated heterocycles. The first-order chi connectivity index (χ1) is 13.2. The summed E-state index contributed by atoms with van der Waals surface area (Å²) < 4.78 is 6.19. The zero-order valence-electron chi connectivity index (χ0n) is 16.1. The van der Waals surface area contributed by atoms with E-state index in [2.05, 4.69) is 48.2 Å². The highest BCUT2D eigenvalue weighted by Crippen LogP contribution is 2.26. The van der Waals surface area contributed by atoms with Gasteiger partial charge in [-0.3, -0.25) is 4.90 Å². The number of benzene rings is 2. The van der Waals surface area contributed by atoms with Gasteiger partial charge in [0, 0.05) is 12.6 Å². The highest BCUT2D eigenvalue weighted by molar-refractivity contribution is 5.31. The number of β-amino-alcohol motifs (C(OH)–C–C–N with tert-alkyl or cyclic N) is 1. The lowest BCUT2D eigenvalue weighted by atomic mass is 10.0. The molecule has 1 fully saturated rings. The lowest BCUT2D eigenvalue weighted by molar-refractivity contribution is -0.0236. The zero-order valence-corrected chi connectivity index (χ0v) is 16.1. The molecule has 4 heteroatoms. The van der Waals surface area contributed by atoms with Gasteiger partial charge in [-0.15, -0.1) is 0 Å². The van der Waals surface area contributed by atoms with Crippen LogP contribution in [-0.2, 0) is 4.74 Å². The quantitative estimate of drug-likeness (QED) is 0.750. The van der Waals surface area contributed by atoms with E-state index in [0.717, 1.165) is 36.9 Å². The summed E-state index contributed by atoms with van der Waals surface area (Å²) in [5.74, 6) is 0. The maximum Gasteiger partial charge on any atom is 0.108 e.